The Morgan fingerprint density at radius 1 is 1.29 bits per heavy atom. The maximum absolute atomic E-state index is 12.6. The summed E-state index contributed by atoms with van der Waals surface area (Å²) in [4.78, 5) is 12.1. The van der Waals surface area contributed by atoms with E-state index < -0.39 is 10.0 Å². The van der Waals surface area contributed by atoms with Gasteiger partial charge in [0.2, 0.25) is 5.91 Å². The molecule has 1 atom stereocenters. The summed E-state index contributed by atoms with van der Waals surface area (Å²) in [5, 5.41) is 6.50. The number of anilines is 2. The van der Waals surface area contributed by atoms with E-state index in [1.807, 2.05) is 13.8 Å². The van der Waals surface area contributed by atoms with Crippen LogP contribution in [0.3, 0.4) is 0 Å². The van der Waals surface area contributed by atoms with Crippen LogP contribution < -0.4 is 10.0 Å². The molecule has 2 heterocycles. The van der Waals surface area contributed by atoms with Crippen molar-refractivity contribution in [1.29, 1.82) is 0 Å². The van der Waals surface area contributed by atoms with Crippen molar-refractivity contribution in [2.24, 2.45) is 5.92 Å². The fourth-order valence-electron chi connectivity index (χ4n) is 3.08. The summed E-state index contributed by atoms with van der Waals surface area (Å²) < 4.78 is 32.7. The van der Waals surface area contributed by atoms with Crippen LogP contribution >= 0.6 is 0 Å². The first-order chi connectivity index (χ1) is 11.2. The van der Waals surface area contributed by atoms with Gasteiger partial charge in [-0.05, 0) is 43.5 Å². The third kappa shape index (κ3) is 2.66. The van der Waals surface area contributed by atoms with Gasteiger partial charge in [0.25, 0.3) is 10.0 Å². The lowest BCUT2D eigenvalue weighted by Crippen LogP contribution is -2.17. The molecular formula is C16H19N3O4S. The highest BCUT2D eigenvalue weighted by Crippen LogP contribution is 2.39. The van der Waals surface area contributed by atoms with Crippen molar-refractivity contribution in [2.75, 3.05) is 10.0 Å². The molecule has 1 amide bonds. The van der Waals surface area contributed by atoms with Crippen LogP contribution in [0.4, 0.5) is 11.4 Å². The van der Waals surface area contributed by atoms with Crippen LogP contribution in [0.5, 0.6) is 0 Å². The van der Waals surface area contributed by atoms with E-state index in [9.17, 15) is 13.2 Å². The van der Waals surface area contributed by atoms with Crippen molar-refractivity contribution in [3.63, 3.8) is 0 Å². The highest BCUT2D eigenvalue weighted by molar-refractivity contribution is 7.92. The zero-order valence-corrected chi connectivity index (χ0v) is 14.7. The van der Waals surface area contributed by atoms with Crippen molar-refractivity contribution < 1.29 is 17.7 Å². The third-order valence-corrected chi connectivity index (χ3v) is 5.71. The summed E-state index contributed by atoms with van der Waals surface area (Å²) in [5.41, 5.74) is 2.22. The molecule has 0 fully saturated rings. The molecule has 1 aliphatic rings. The average Bonchev–Trinajstić information content (AvgIpc) is 2.97. The van der Waals surface area contributed by atoms with E-state index >= 15 is 0 Å². The number of sulfonamides is 1. The minimum absolute atomic E-state index is 0.0395. The molecule has 8 heteroatoms. The second kappa shape index (κ2) is 5.62. The molecular weight excluding hydrogens is 330 g/mol. The number of fused-ring (bicyclic) bond motifs is 1. The first-order valence-corrected chi connectivity index (χ1v) is 9.09. The number of amides is 1. The average molecular weight is 349 g/mol. The van der Waals surface area contributed by atoms with Crippen LogP contribution in [0.2, 0.25) is 0 Å². The Hall–Kier alpha value is -2.35. The molecule has 0 spiro atoms. The molecule has 128 valence electrons. The largest absolute Gasteiger partial charge is 0.360 e. The van der Waals surface area contributed by atoms with Crippen LogP contribution in [-0.2, 0) is 14.8 Å². The Labute approximate surface area is 140 Å². The van der Waals surface area contributed by atoms with E-state index in [0.29, 0.717) is 11.4 Å². The second-order valence-electron chi connectivity index (χ2n) is 6.27. The van der Waals surface area contributed by atoms with Gasteiger partial charge >= 0.3 is 0 Å². The maximum atomic E-state index is 12.6. The molecule has 0 saturated heterocycles. The van der Waals surface area contributed by atoms with E-state index in [4.69, 9.17) is 4.52 Å². The van der Waals surface area contributed by atoms with Gasteiger partial charge < -0.3 is 9.84 Å². The first-order valence-electron chi connectivity index (χ1n) is 7.61. The Kier molecular flexibility index (Phi) is 3.87. The molecule has 0 radical (unpaired) electrons. The van der Waals surface area contributed by atoms with Gasteiger partial charge in [0.05, 0.1) is 5.92 Å². The zero-order chi connectivity index (χ0) is 17.6. The number of hydrogen-bond donors (Lipinski definition) is 2. The van der Waals surface area contributed by atoms with Gasteiger partial charge in [-0.15, -0.1) is 0 Å². The standard InChI is InChI=1S/C16H19N3O4S/c1-8(2)14-12-7-11(5-6-13(12)17-16(14)20)19-24(21,22)15-9(3)18-23-10(15)4/h5-8,14,19H,1-4H3,(H,17,20). The fraction of sp³-hybridized carbons (Fsp3) is 0.375. The lowest BCUT2D eigenvalue weighted by molar-refractivity contribution is -0.117. The van der Waals surface area contributed by atoms with Gasteiger partial charge in [0, 0.05) is 11.4 Å². The van der Waals surface area contributed by atoms with E-state index in [-0.39, 0.29) is 28.4 Å². The number of hydrogen-bond acceptors (Lipinski definition) is 5. The molecule has 0 saturated carbocycles. The lowest BCUT2D eigenvalue weighted by atomic mass is 9.89. The van der Waals surface area contributed by atoms with Gasteiger partial charge in [0.15, 0.2) is 10.7 Å². The number of nitrogens with zero attached hydrogens (tertiary/aromatic N) is 1. The highest BCUT2D eigenvalue weighted by atomic mass is 32.2. The van der Waals surface area contributed by atoms with Gasteiger partial charge in [-0.1, -0.05) is 19.0 Å². The van der Waals surface area contributed by atoms with Crippen molar-refractivity contribution in [2.45, 2.75) is 38.5 Å². The third-order valence-electron chi connectivity index (χ3n) is 4.08. The van der Waals surface area contributed by atoms with Crippen molar-refractivity contribution >= 4 is 27.3 Å². The number of benzene rings is 1. The van der Waals surface area contributed by atoms with Gasteiger partial charge in [0.1, 0.15) is 5.69 Å². The fourth-order valence-corrected chi connectivity index (χ4v) is 4.46. The lowest BCUT2D eigenvalue weighted by Gasteiger charge is -2.14. The van der Waals surface area contributed by atoms with Crippen LogP contribution in [0.25, 0.3) is 0 Å². The summed E-state index contributed by atoms with van der Waals surface area (Å²) in [6.45, 7) is 7.04. The maximum Gasteiger partial charge on any atom is 0.267 e. The minimum Gasteiger partial charge on any atom is -0.360 e. The van der Waals surface area contributed by atoms with Gasteiger partial charge in [-0.25, -0.2) is 8.42 Å². The van der Waals surface area contributed by atoms with Crippen LogP contribution in [0.15, 0.2) is 27.6 Å². The summed E-state index contributed by atoms with van der Waals surface area (Å²) in [5.74, 6) is -0.00650. The molecule has 2 aromatic rings. The SMILES string of the molecule is Cc1noc(C)c1S(=O)(=O)Nc1ccc2c(c1)C(C(C)C)C(=O)N2. The predicted octanol–water partition coefficient (Wildman–Crippen LogP) is 2.78. The number of nitrogens with one attached hydrogen (secondary N) is 2. The van der Waals surface area contributed by atoms with E-state index in [1.54, 1.807) is 32.0 Å². The van der Waals surface area contributed by atoms with Crippen LogP contribution in [-0.4, -0.2) is 19.5 Å². The number of aryl methyl sites for hydroxylation is 2. The normalized spacial score (nSPS) is 17.0. The number of aromatic nitrogens is 1. The monoisotopic (exact) mass is 349 g/mol. The second-order valence-corrected chi connectivity index (χ2v) is 7.89. The Balaban J connectivity index is 1.97. The molecule has 1 aliphatic heterocycles. The van der Waals surface area contributed by atoms with Crippen molar-refractivity contribution in [1.82, 2.24) is 5.16 Å². The molecule has 24 heavy (non-hydrogen) atoms. The Morgan fingerprint density at radius 2 is 2.00 bits per heavy atom. The topological polar surface area (TPSA) is 101 Å². The molecule has 2 N–H and O–H groups in total. The number of rotatable bonds is 4. The van der Waals surface area contributed by atoms with Crippen LogP contribution in [0, 0.1) is 19.8 Å². The molecule has 1 aromatic heterocycles. The molecule has 0 bridgehead atoms. The Bertz CT molecular complexity index is 896. The molecule has 3 rings (SSSR count). The number of carbonyl (C=O) groups is 1. The zero-order valence-electron chi connectivity index (χ0n) is 13.9. The minimum atomic E-state index is -3.81. The Morgan fingerprint density at radius 3 is 2.58 bits per heavy atom. The quantitative estimate of drug-likeness (QED) is 0.884. The molecule has 0 aliphatic carbocycles. The summed E-state index contributed by atoms with van der Waals surface area (Å²) in [6, 6.07) is 5.03. The molecule has 7 nitrogen and oxygen atoms in total. The van der Waals surface area contributed by atoms with Crippen molar-refractivity contribution in [3.8, 4) is 0 Å². The first kappa shape index (κ1) is 16.5. The van der Waals surface area contributed by atoms with E-state index in [0.717, 1.165) is 11.3 Å². The summed E-state index contributed by atoms with van der Waals surface area (Å²) >= 11 is 0. The smallest absolute Gasteiger partial charge is 0.267 e. The van der Waals surface area contributed by atoms with Gasteiger partial charge in [-0.2, -0.15) is 0 Å². The molecule has 1 aromatic carbocycles. The predicted molar refractivity (Wildman–Crippen MR) is 89.4 cm³/mol. The van der Waals surface area contributed by atoms with E-state index in [2.05, 4.69) is 15.2 Å². The summed E-state index contributed by atoms with van der Waals surface area (Å²) in [7, 11) is -3.81. The highest BCUT2D eigenvalue weighted by Gasteiger charge is 2.33. The van der Waals surface area contributed by atoms with Crippen LogP contribution in [0.1, 0.15) is 36.8 Å². The van der Waals surface area contributed by atoms with E-state index in [1.165, 1.54) is 0 Å². The molecule has 1 unspecified atom stereocenters. The number of carbonyl (C=O) groups excluding carboxylic acids is 1. The van der Waals surface area contributed by atoms with Crippen molar-refractivity contribution in [3.05, 3.63) is 35.2 Å². The summed E-state index contributed by atoms with van der Waals surface area (Å²) in [6.07, 6.45) is 0. The van der Waals surface area contributed by atoms with Gasteiger partial charge in [-0.3, -0.25) is 9.52 Å².